The van der Waals surface area contributed by atoms with Crippen molar-refractivity contribution in [1.82, 2.24) is 9.88 Å². The first-order valence-corrected chi connectivity index (χ1v) is 9.89. The molecule has 1 fully saturated rings. The number of hydrogen-bond acceptors (Lipinski definition) is 5. The second kappa shape index (κ2) is 8.92. The first-order valence-electron chi connectivity index (χ1n) is 9.89. The molecule has 6 nitrogen and oxygen atoms in total. The van der Waals surface area contributed by atoms with Crippen molar-refractivity contribution < 1.29 is 13.9 Å². The molecule has 0 atom stereocenters. The molecule has 0 aliphatic carbocycles. The molecule has 1 aliphatic rings. The van der Waals surface area contributed by atoms with E-state index in [2.05, 4.69) is 15.2 Å². The van der Waals surface area contributed by atoms with Crippen LogP contribution in [0.3, 0.4) is 0 Å². The quantitative estimate of drug-likeness (QED) is 0.682. The summed E-state index contributed by atoms with van der Waals surface area (Å²) >= 11 is 0. The maximum absolute atomic E-state index is 12.6. The number of piperidine rings is 1. The molecule has 2 heterocycles. The van der Waals surface area contributed by atoms with Crippen LogP contribution < -0.4 is 10.1 Å². The van der Waals surface area contributed by atoms with Crippen molar-refractivity contribution >= 4 is 11.6 Å². The van der Waals surface area contributed by atoms with Crippen molar-refractivity contribution in [2.45, 2.75) is 19.4 Å². The van der Waals surface area contributed by atoms with Gasteiger partial charge in [0.25, 0.3) is 0 Å². The normalized spacial score (nSPS) is 15.2. The summed E-state index contributed by atoms with van der Waals surface area (Å²) in [6.45, 7) is 2.45. The number of para-hydroxylation sites is 2. The number of rotatable bonds is 6. The molecule has 0 saturated carbocycles. The van der Waals surface area contributed by atoms with E-state index in [9.17, 15) is 4.79 Å². The smallest absolute Gasteiger partial charge is 0.227 e. The zero-order valence-electron chi connectivity index (χ0n) is 16.5. The Hall–Kier alpha value is -3.12. The molecule has 0 bridgehead atoms. The molecule has 6 heteroatoms. The van der Waals surface area contributed by atoms with Gasteiger partial charge < -0.3 is 14.5 Å². The van der Waals surface area contributed by atoms with Crippen LogP contribution in [-0.4, -0.2) is 36.0 Å². The molecule has 1 amide bonds. The van der Waals surface area contributed by atoms with E-state index in [0.29, 0.717) is 11.6 Å². The van der Waals surface area contributed by atoms with Crippen LogP contribution >= 0.6 is 0 Å². The van der Waals surface area contributed by atoms with Gasteiger partial charge in [-0.25, -0.2) is 4.98 Å². The minimum atomic E-state index is 0.00773. The molecule has 3 aromatic rings. The Kier molecular flexibility index (Phi) is 5.91. The fourth-order valence-corrected chi connectivity index (χ4v) is 3.66. The number of carbonyl (C=O) groups excluding carboxylic acids is 1. The van der Waals surface area contributed by atoms with E-state index in [-0.39, 0.29) is 11.8 Å². The number of methoxy groups -OCH3 is 1. The molecule has 1 aliphatic heterocycles. The highest BCUT2D eigenvalue weighted by molar-refractivity contribution is 5.94. The standard InChI is InChI=1S/C23H25N3O3/c1-28-21-10-6-5-9-20(21)25-22(27)17-11-13-26(14-12-17)15-19-16-29-23(24-19)18-7-3-2-4-8-18/h2-10,16-17H,11-15H2,1H3,(H,25,27). The predicted octanol–water partition coefficient (Wildman–Crippen LogP) is 4.20. The Bertz CT molecular complexity index is 947. The van der Waals surface area contributed by atoms with Crippen molar-refractivity contribution in [3.05, 3.63) is 66.6 Å². The lowest BCUT2D eigenvalue weighted by molar-refractivity contribution is -0.121. The van der Waals surface area contributed by atoms with Gasteiger partial charge >= 0.3 is 0 Å². The molecule has 29 heavy (non-hydrogen) atoms. The SMILES string of the molecule is COc1ccccc1NC(=O)C1CCN(Cc2coc(-c3ccccc3)n2)CC1. The van der Waals surface area contributed by atoms with Crippen molar-refractivity contribution in [2.24, 2.45) is 5.92 Å². The number of nitrogens with zero attached hydrogens (tertiary/aromatic N) is 2. The van der Waals surface area contributed by atoms with Gasteiger partial charge in [0.05, 0.1) is 18.5 Å². The minimum Gasteiger partial charge on any atom is -0.495 e. The Labute approximate surface area is 170 Å². The van der Waals surface area contributed by atoms with E-state index in [0.717, 1.165) is 49.4 Å². The number of benzene rings is 2. The number of ether oxygens (including phenoxy) is 1. The van der Waals surface area contributed by atoms with Gasteiger partial charge in [0.15, 0.2) is 0 Å². The number of carbonyl (C=O) groups is 1. The van der Waals surface area contributed by atoms with Gasteiger partial charge in [0.1, 0.15) is 12.0 Å². The predicted molar refractivity (Wildman–Crippen MR) is 112 cm³/mol. The lowest BCUT2D eigenvalue weighted by atomic mass is 9.95. The Balaban J connectivity index is 1.29. The van der Waals surface area contributed by atoms with Crippen LogP contribution in [0.25, 0.3) is 11.5 Å². The molecule has 1 N–H and O–H groups in total. The Morgan fingerprint density at radius 2 is 1.86 bits per heavy atom. The van der Waals surface area contributed by atoms with Crippen molar-refractivity contribution in [3.63, 3.8) is 0 Å². The molecule has 1 aromatic heterocycles. The number of anilines is 1. The van der Waals surface area contributed by atoms with Gasteiger partial charge in [0, 0.05) is 18.0 Å². The monoisotopic (exact) mass is 391 g/mol. The van der Waals surface area contributed by atoms with Crippen LogP contribution in [0, 0.1) is 5.92 Å². The van der Waals surface area contributed by atoms with Gasteiger partial charge in [-0.3, -0.25) is 9.69 Å². The summed E-state index contributed by atoms with van der Waals surface area (Å²) in [5.41, 5.74) is 2.62. The van der Waals surface area contributed by atoms with Gasteiger partial charge in [-0.1, -0.05) is 30.3 Å². The van der Waals surface area contributed by atoms with Gasteiger partial charge in [-0.15, -0.1) is 0 Å². The molecular formula is C23H25N3O3. The zero-order chi connectivity index (χ0) is 20.1. The fourth-order valence-electron chi connectivity index (χ4n) is 3.66. The highest BCUT2D eigenvalue weighted by Crippen LogP contribution is 2.26. The van der Waals surface area contributed by atoms with Crippen LogP contribution in [-0.2, 0) is 11.3 Å². The number of hydrogen-bond donors (Lipinski definition) is 1. The molecule has 2 aromatic carbocycles. The third-order valence-electron chi connectivity index (χ3n) is 5.28. The highest BCUT2D eigenvalue weighted by Gasteiger charge is 2.26. The zero-order valence-corrected chi connectivity index (χ0v) is 16.5. The van der Waals surface area contributed by atoms with Gasteiger partial charge in [0.2, 0.25) is 11.8 Å². The molecule has 0 unspecified atom stereocenters. The number of amides is 1. The molecule has 0 radical (unpaired) electrons. The largest absolute Gasteiger partial charge is 0.495 e. The number of oxazole rings is 1. The summed E-state index contributed by atoms with van der Waals surface area (Å²) in [5.74, 6) is 1.39. The third kappa shape index (κ3) is 4.66. The molecule has 1 saturated heterocycles. The van der Waals surface area contributed by atoms with E-state index in [4.69, 9.17) is 9.15 Å². The Morgan fingerprint density at radius 3 is 2.62 bits per heavy atom. The highest BCUT2D eigenvalue weighted by atomic mass is 16.5. The van der Waals surface area contributed by atoms with Crippen LogP contribution in [0.2, 0.25) is 0 Å². The van der Waals surface area contributed by atoms with Gasteiger partial charge in [-0.05, 0) is 50.2 Å². The van der Waals surface area contributed by atoms with Crippen LogP contribution in [0.4, 0.5) is 5.69 Å². The topological polar surface area (TPSA) is 67.6 Å². The summed E-state index contributed by atoms with van der Waals surface area (Å²) in [6.07, 6.45) is 3.37. The second-order valence-electron chi connectivity index (χ2n) is 7.25. The number of nitrogens with one attached hydrogen (secondary N) is 1. The number of aromatic nitrogens is 1. The summed E-state index contributed by atoms with van der Waals surface area (Å²) in [6, 6.07) is 17.4. The Morgan fingerprint density at radius 1 is 1.14 bits per heavy atom. The molecular weight excluding hydrogens is 366 g/mol. The summed E-state index contributed by atoms with van der Waals surface area (Å²) in [5, 5.41) is 3.01. The summed E-state index contributed by atoms with van der Waals surface area (Å²) in [4.78, 5) is 19.6. The summed E-state index contributed by atoms with van der Waals surface area (Å²) < 4.78 is 10.9. The lowest BCUT2D eigenvalue weighted by Gasteiger charge is -2.30. The maximum Gasteiger partial charge on any atom is 0.227 e. The van der Waals surface area contributed by atoms with Crippen molar-refractivity contribution in [2.75, 3.05) is 25.5 Å². The van der Waals surface area contributed by atoms with E-state index in [1.54, 1.807) is 13.4 Å². The molecule has 0 spiro atoms. The fraction of sp³-hybridized carbons (Fsp3) is 0.304. The molecule has 4 rings (SSSR count). The van der Waals surface area contributed by atoms with Crippen molar-refractivity contribution in [3.8, 4) is 17.2 Å². The number of likely N-dealkylation sites (tertiary alicyclic amines) is 1. The maximum atomic E-state index is 12.6. The van der Waals surface area contributed by atoms with E-state index in [1.165, 1.54) is 0 Å². The van der Waals surface area contributed by atoms with Gasteiger partial charge in [-0.2, -0.15) is 0 Å². The van der Waals surface area contributed by atoms with E-state index >= 15 is 0 Å². The van der Waals surface area contributed by atoms with E-state index < -0.39 is 0 Å². The second-order valence-corrected chi connectivity index (χ2v) is 7.25. The first-order chi connectivity index (χ1) is 14.2. The average Bonchev–Trinajstić information content (AvgIpc) is 3.24. The minimum absolute atomic E-state index is 0.00773. The van der Waals surface area contributed by atoms with Crippen molar-refractivity contribution in [1.29, 1.82) is 0 Å². The average molecular weight is 391 g/mol. The van der Waals surface area contributed by atoms with E-state index in [1.807, 2.05) is 54.6 Å². The van der Waals surface area contributed by atoms with Crippen LogP contribution in [0.5, 0.6) is 5.75 Å². The van der Waals surface area contributed by atoms with Crippen LogP contribution in [0.1, 0.15) is 18.5 Å². The van der Waals surface area contributed by atoms with Crippen LogP contribution in [0.15, 0.2) is 65.3 Å². The third-order valence-corrected chi connectivity index (χ3v) is 5.28. The summed E-state index contributed by atoms with van der Waals surface area (Å²) in [7, 11) is 1.61. The first kappa shape index (κ1) is 19.2. The molecule has 150 valence electrons. The lowest BCUT2D eigenvalue weighted by Crippen LogP contribution is -2.37.